The Morgan fingerprint density at radius 3 is 2.84 bits per heavy atom. The Bertz CT molecular complexity index is 1210. The lowest BCUT2D eigenvalue weighted by Gasteiger charge is -2.26. The van der Waals surface area contributed by atoms with Crippen LogP contribution in [0.1, 0.15) is 0 Å². The van der Waals surface area contributed by atoms with Crippen molar-refractivity contribution in [2.45, 2.75) is 0 Å². The van der Waals surface area contributed by atoms with Gasteiger partial charge in [0.05, 0.1) is 29.9 Å². The minimum atomic E-state index is 0.565. The van der Waals surface area contributed by atoms with E-state index >= 15 is 0 Å². The van der Waals surface area contributed by atoms with Crippen LogP contribution in [-0.2, 0) is 4.74 Å². The van der Waals surface area contributed by atoms with Crippen molar-refractivity contribution in [2.75, 3.05) is 50.5 Å². The van der Waals surface area contributed by atoms with Gasteiger partial charge in [0.1, 0.15) is 24.5 Å². The lowest BCUT2D eigenvalue weighted by Crippen LogP contribution is -2.38. The Kier molecular flexibility index (Phi) is 5.47. The second kappa shape index (κ2) is 8.71. The van der Waals surface area contributed by atoms with Gasteiger partial charge in [-0.05, 0) is 30.3 Å². The lowest BCUT2D eigenvalue weighted by molar-refractivity contribution is 0.0323. The van der Waals surface area contributed by atoms with Crippen LogP contribution in [0.5, 0.6) is 5.75 Å². The Balaban J connectivity index is 1.35. The molecule has 158 valence electrons. The zero-order valence-electron chi connectivity index (χ0n) is 17.1. The summed E-state index contributed by atoms with van der Waals surface area (Å²) < 4.78 is 11.3. The van der Waals surface area contributed by atoms with Crippen molar-refractivity contribution in [2.24, 2.45) is 0 Å². The van der Waals surface area contributed by atoms with Crippen LogP contribution in [0.2, 0.25) is 0 Å². The van der Waals surface area contributed by atoms with Crippen molar-refractivity contribution in [3.63, 3.8) is 0 Å². The molecule has 0 atom stereocenters. The number of morpholine rings is 1. The van der Waals surface area contributed by atoms with E-state index in [0.29, 0.717) is 23.9 Å². The Hall–Kier alpha value is -3.49. The quantitative estimate of drug-likeness (QED) is 0.463. The maximum Gasteiger partial charge on any atom is 0.144 e. The number of pyridine rings is 1. The monoisotopic (exact) mass is 416 g/mol. The first-order chi connectivity index (χ1) is 15.3. The number of ether oxygens (including phenoxy) is 2. The number of nitrogens with two attached hydrogens (primary N) is 1. The molecule has 8 nitrogen and oxygen atoms in total. The molecule has 1 saturated heterocycles. The van der Waals surface area contributed by atoms with Crippen molar-refractivity contribution in [3.05, 3.63) is 55.0 Å². The summed E-state index contributed by atoms with van der Waals surface area (Å²) in [7, 11) is 0. The van der Waals surface area contributed by atoms with Gasteiger partial charge in [-0.1, -0.05) is 6.07 Å². The van der Waals surface area contributed by atoms with Gasteiger partial charge in [0, 0.05) is 48.4 Å². The molecular weight excluding hydrogens is 392 g/mol. The molecule has 1 fully saturated rings. The topological polar surface area (TPSA) is 98.4 Å². The number of hydrogen-bond acceptors (Lipinski definition) is 8. The van der Waals surface area contributed by atoms with Crippen LogP contribution in [0, 0.1) is 0 Å². The predicted molar refractivity (Wildman–Crippen MR) is 122 cm³/mol. The van der Waals surface area contributed by atoms with E-state index in [4.69, 9.17) is 15.2 Å². The molecule has 2 aromatic carbocycles. The maximum atomic E-state index is 6.29. The smallest absolute Gasteiger partial charge is 0.144 e. The molecule has 0 bridgehead atoms. The molecule has 1 aliphatic rings. The molecular formula is C23H24N6O2. The van der Waals surface area contributed by atoms with E-state index < -0.39 is 0 Å². The molecule has 2 aromatic heterocycles. The summed E-state index contributed by atoms with van der Waals surface area (Å²) in [6, 6.07) is 13.7. The molecule has 1 aliphatic heterocycles. The number of hydrogen-bond donors (Lipinski definition) is 2. The summed E-state index contributed by atoms with van der Waals surface area (Å²) in [5, 5.41) is 5.27. The van der Waals surface area contributed by atoms with Crippen molar-refractivity contribution in [3.8, 4) is 5.75 Å². The van der Waals surface area contributed by atoms with E-state index in [-0.39, 0.29) is 0 Å². The van der Waals surface area contributed by atoms with E-state index in [2.05, 4.69) is 25.2 Å². The third kappa shape index (κ3) is 4.35. The van der Waals surface area contributed by atoms with Crippen molar-refractivity contribution < 1.29 is 9.47 Å². The highest BCUT2D eigenvalue weighted by Crippen LogP contribution is 2.31. The van der Waals surface area contributed by atoms with Gasteiger partial charge >= 0.3 is 0 Å². The molecule has 0 aliphatic carbocycles. The zero-order chi connectivity index (χ0) is 21.0. The third-order valence-corrected chi connectivity index (χ3v) is 5.40. The zero-order valence-corrected chi connectivity index (χ0v) is 17.1. The van der Waals surface area contributed by atoms with Crippen molar-refractivity contribution in [1.82, 2.24) is 19.9 Å². The molecule has 0 saturated carbocycles. The van der Waals surface area contributed by atoms with E-state index in [0.717, 1.165) is 60.3 Å². The van der Waals surface area contributed by atoms with Gasteiger partial charge in [-0.3, -0.25) is 9.88 Å². The second-order valence-electron chi connectivity index (χ2n) is 7.47. The van der Waals surface area contributed by atoms with Crippen LogP contribution < -0.4 is 15.8 Å². The standard InChI is InChI=1S/C23H24N6O2/c24-19-13-18-21(14-22(19)31-11-8-29-6-9-30-10-7-29)26-15-27-23(18)28-17-3-4-20-16(12-17)2-1-5-25-20/h1-5,12-15H,6-11,24H2,(H,26,27,28). The fourth-order valence-electron chi connectivity index (χ4n) is 3.72. The summed E-state index contributed by atoms with van der Waals surface area (Å²) >= 11 is 0. The highest BCUT2D eigenvalue weighted by molar-refractivity contribution is 5.95. The summed E-state index contributed by atoms with van der Waals surface area (Å²) in [4.78, 5) is 15.5. The third-order valence-electron chi connectivity index (χ3n) is 5.40. The Morgan fingerprint density at radius 2 is 1.94 bits per heavy atom. The summed E-state index contributed by atoms with van der Waals surface area (Å²) in [6.07, 6.45) is 3.33. The normalized spacial score (nSPS) is 14.7. The average molecular weight is 416 g/mol. The Morgan fingerprint density at radius 1 is 1.03 bits per heavy atom. The minimum Gasteiger partial charge on any atom is -0.490 e. The molecule has 5 rings (SSSR count). The number of anilines is 3. The molecule has 4 aromatic rings. The number of nitrogens with zero attached hydrogens (tertiary/aromatic N) is 4. The number of rotatable bonds is 6. The first kappa shape index (κ1) is 19.5. The number of nitrogens with one attached hydrogen (secondary N) is 1. The lowest BCUT2D eigenvalue weighted by atomic mass is 10.1. The van der Waals surface area contributed by atoms with Crippen molar-refractivity contribution >= 4 is 39.0 Å². The van der Waals surface area contributed by atoms with Gasteiger partial charge in [0.25, 0.3) is 0 Å². The van der Waals surface area contributed by atoms with Gasteiger partial charge in [-0.25, -0.2) is 9.97 Å². The van der Waals surface area contributed by atoms with Crippen LogP contribution >= 0.6 is 0 Å². The van der Waals surface area contributed by atoms with E-state index in [1.807, 2.05) is 42.5 Å². The van der Waals surface area contributed by atoms with Gasteiger partial charge in [0.2, 0.25) is 0 Å². The van der Waals surface area contributed by atoms with Crippen molar-refractivity contribution in [1.29, 1.82) is 0 Å². The van der Waals surface area contributed by atoms with E-state index in [9.17, 15) is 0 Å². The highest BCUT2D eigenvalue weighted by Gasteiger charge is 2.12. The van der Waals surface area contributed by atoms with E-state index in [1.165, 1.54) is 0 Å². The Labute approximate surface area is 180 Å². The molecule has 0 unspecified atom stereocenters. The fourth-order valence-corrected chi connectivity index (χ4v) is 3.72. The second-order valence-corrected chi connectivity index (χ2v) is 7.47. The number of nitrogen functional groups attached to an aromatic ring is 1. The summed E-state index contributed by atoms with van der Waals surface area (Å²) in [5.41, 5.74) is 9.50. The van der Waals surface area contributed by atoms with Crippen LogP contribution in [0.25, 0.3) is 21.8 Å². The van der Waals surface area contributed by atoms with Crippen LogP contribution in [-0.4, -0.2) is 59.3 Å². The van der Waals surface area contributed by atoms with Gasteiger partial charge in [-0.15, -0.1) is 0 Å². The largest absolute Gasteiger partial charge is 0.490 e. The molecule has 3 N–H and O–H groups in total. The molecule has 8 heteroatoms. The molecule has 3 heterocycles. The first-order valence-electron chi connectivity index (χ1n) is 10.4. The van der Waals surface area contributed by atoms with Gasteiger partial charge in [-0.2, -0.15) is 0 Å². The van der Waals surface area contributed by atoms with E-state index in [1.54, 1.807) is 12.5 Å². The fraction of sp³-hybridized carbons (Fsp3) is 0.261. The van der Waals surface area contributed by atoms with Crippen LogP contribution in [0.15, 0.2) is 55.0 Å². The molecule has 0 spiro atoms. The summed E-state index contributed by atoms with van der Waals surface area (Å²) in [6.45, 7) is 4.83. The van der Waals surface area contributed by atoms with Gasteiger partial charge < -0.3 is 20.5 Å². The molecule has 0 amide bonds. The SMILES string of the molecule is Nc1cc2c(Nc3ccc4ncccc4c3)ncnc2cc1OCCN1CCOCC1. The average Bonchev–Trinajstić information content (AvgIpc) is 2.80. The van der Waals surface area contributed by atoms with Crippen LogP contribution in [0.3, 0.4) is 0 Å². The highest BCUT2D eigenvalue weighted by atomic mass is 16.5. The number of benzene rings is 2. The number of aromatic nitrogens is 3. The molecule has 0 radical (unpaired) electrons. The first-order valence-corrected chi connectivity index (χ1v) is 10.4. The predicted octanol–water partition coefficient (Wildman–Crippen LogP) is 3.21. The molecule has 31 heavy (non-hydrogen) atoms. The number of fused-ring (bicyclic) bond motifs is 2. The minimum absolute atomic E-state index is 0.565. The van der Waals surface area contributed by atoms with Crippen LogP contribution in [0.4, 0.5) is 17.2 Å². The summed E-state index contributed by atoms with van der Waals surface area (Å²) in [5.74, 6) is 1.34. The van der Waals surface area contributed by atoms with Gasteiger partial charge in [0.15, 0.2) is 0 Å². The maximum absolute atomic E-state index is 6.29.